The molecule has 2 heterocycles. The van der Waals surface area contributed by atoms with E-state index in [2.05, 4.69) is 27.2 Å². The van der Waals surface area contributed by atoms with Gasteiger partial charge in [0, 0.05) is 37.4 Å². The number of rotatable bonds is 5. The maximum absolute atomic E-state index is 13.1. The lowest BCUT2D eigenvalue weighted by molar-refractivity contribution is 0.0282. The molecule has 0 saturated carbocycles. The molecule has 0 aliphatic carbocycles. The average molecular weight is 377 g/mol. The molecule has 0 spiro atoms. The first-order valence-corrected chi connectivity index (χ1v) is 9.38. The molecule has 144 valence electrons. The predicted octanol–water partition coefficient (Wildman–Crippen LogP) is 1.59. The summed E-state index contributed by atoms with van der Waals surface area (Å²) in [7, 11) is 0. The molecule has 1 aliphatic rings. The van der Waals surface area contributed by atoms with Crippen LogP contribution in [-0.4, -0.2) is 67.9 Å². The van der Waals surface area contributed by atoms with Crippen LogP contribution in [0.25, 0.3) is 5.69 Å². The summed E-state index contributed by atoms with van der Waals surface area (Å²) in [5.41, 5.74) is 2.67. The van der Waals surface area contributed by atoms with Crippen LogP contribution in [0.1, 0.15) is 15.9 Å². The van der Waals surface area contributed by atoms with Crippen LogP contribution in [0.2, 0.25) is 0 Å². The van der Waals surface area contributed by atoms with Crippen molar-refractivity contribution in [2.45, 2.75) is 12.6 Å². The molecule has 7 nitrogen and oxygen atoms in total. The van der Waals surface area contributed by atoms with Crippen molar-refractivity contribution in [2.24, 2.45) is 0 Å². The van der Waals surface area contributed by atoms with E-state index in [9.17, 15) is 9.90 Å². The third-order valence-corrected chi connectivity index (χ3v) is 5.10. The van der Waals surface area contributed by atoms with Gasteiger partial charge in [0.1, 0.15) is 12.7 Å². The van der Waals surface area contributed by atoms with Gasteiger partial charge in [-0.25, -0.2) is 0 Å². The van der Waals surface area contributed by atoms with Gasteiger partial charge >= 0.3 is 0 Å². The number of carbonyl (C=O) groups is 1. The fourth-order valence-electron chi connectivity index (χ4n) is 3.63. The second-order valence-electron chi connectivity index (χ2n) is 6.98. The zero-order valence-electron chi connectivity index (χ0n) is 15.6. The summed E-state index contributed by atoms with van der Waals surface area (Å²) in [5, 5.41) is 17.5. The lowest BCUT2D eigenvalue weighted by Crippen LogP contribution is -2.56. The van der Waals surface area contributed by atoms with Gasteiger partial charge in [0.05, 0.1) is 12.6 Å². The van der Waals surface area contributed by atoms with Crippen LogP contribution < -0.4 is 0 Å². The summed E-state index contributed by atoms with van der Waals surface area (Å²) in [6.45, 7) is 2.79. The van der Waals surface area contributed by atoms with Crippen LogP contribution in [0.15, 0.2) is 67.3 Å². The molecule has 7 heteroatoms. The fraction of sp³-hybridized carbons (Fsp3) is 0.286. The minimum Gasteiger partial charge on any atom is -0.394 e. The Morgan fingerprint density at radius 2 is 1.82 bits per heavy atom. The molecule has 0 bridgehead atoms. The molecule has 1 aromatic heterocycles. The molecule has 0 unspecified atom stereocenters. The molecule has 1 fully saturated rings. The van der Waals surface area contributed by atoms with Crippen molar-refractivity contribution in [3.05, 3.63) is 78.4 Å². The van der Waals surface area contributed by atoms with Gasteiger partial charge in [-0.3, -0.25) is 14.3 Å². The number of carbonyl (C=O) groups excluding carboxylic acids is 1. The van der Waals surface area contributed by atoms with Gasteiger partial charge in [-0.1, -0.05) is 36.4 Å². The highest BCUT2D eigenvalue weighted by Gasteiger charge is 2.30. The molecular formula is C21H23N5O2. The molecule has 1 atom stereocenters. The molecule has 3 aromatic rings. The third kappa shape index (κ3) is 3.95. The maximum Gasteiger partial charge on any atom is 0.254 e. The molecule has 1 aliphatic heterocycles. The first-order valence-electron chi connectivity index (χ1n) is 9.38. The number of nitrogens with zero attached hydrogens (tertiary/aromatic N) is 5. The Bertz CT molecular complexity index is 914. The first-order chi connectivity index (χ1) is 13.7. The van der Waals surface area contributed by atoms with E-state index in [1.165, 1.54) is 5.56 Å². The normalized spacial score (nSPS) is 17.6. The van der Waals surface area contributed by atoms with Crippen LogP contribution in [0.5, 0.6) is 0 Å². The fourth-order valence-corrected chi connectivity index (χ4v) is 3.63. The number of hydrogen-bond acceptors (Lipinski definition) is 5. The Kier molecular flexibility index (Phi) is 5.45. The van der Waals surface area contributed by atoms with Crippen LogP contribution in [0.3, 0.4) is 0 Å². The van der Waals surface area contributed by atoms with Crippen LogP contribution >= 0.6 is 0 Å². The lowest BCUT2D eigenvalue weighted by atomic mass is 10.1. The largest absolute Gasteiger partial charge is 0.394 e. The minimum absolute atomic E-state index is 0.0534. The molecule has 28 heavy (non-hydrogen) atoms. The van der Waals surface area contributed by atoms with Crippen LogP contribution in [0, 0.1) is 0 Å². The molecule has 0 radical (unpaired) electrons. The second-order valence-corrected chi connectivity index (χ2v) is 6.98. The maximum atomic E-state index is 13.1. The van der Waals surface area contributed by atoms with Gasteiger partial charge in [0.25, 0.3) is 5.91 Å². The monoisotopic (exact) mass is 377 g/mol. The Hall–Kier alpha value is -3.03. The van der Waals surface area contributed by atoms with Crippen molar-refractivity contribution in [3.8, 4) is 5.69 Å². The van der Waals surface area contributed by atoms with E-state index in [4.69, 9.17) is 0 Å². The Morgan fingerprint density at radius 1 is 1.04 bits per heavy atom. The zero-order valence-corrected chi connectivity index (χ0v) is 15.6. The molecule has 1 saturated heterocycles. The molecule has 4 rings (SSSR count). The van der Waals surface area contributed by atoms with Gasteiger partial charge in [0.2, 0.25) is 0 Å². The number of amides is 1. The van der Waals surface area contributed by atoms with E-state index in [1.54, 1.807) is 28.2 Å². The summed E-state index contributed by atoms with van der Waals surface area (Å²) in [6, 6.07) is 17.4. The summed E-state index contributed by atoms with van der Waals surface area (Å²) in [6.07, 6.45) is 3.20. The van der Waals surface area contributed by atoms with Crippen LogP contribution in [-0.2, 0) is 6.54 Å². The highest BCUT2D eigenvalue weighted by molar-refractivity contribution is 5.95. The van der Waals surface area contributed by atoms with Crippen molar-refractivity contribution in [1.82, 2.24) is 24.6 Å². The Morgan fingerprint density at radius 3 is 2.57 bits per heavy atom. The molecule has 2 aromatic carbocycles. The number of hydrogen-bond donors (Lipinski definition) is 1. The van der Waals surface area contributed by atoms with Crippen molar-refractivity contribution < 1.29 is 9.90 Å². The van der Waals surface area contributed by atoms with Gasteiger partial charge in [0.15, 0.2) is 0 Å². The highest BCUT2D eigenvalue weighted by atomic mass is 16.3. The second kappa shape index (κ2) is 8.33. The SMILES string of the molecule is O=C(c1cccc(-n2cnnc2)c1)N1CCN(Cc2ccccc2)C[C@@H]1CO. The van der Waals surface area contributed by atoms with Gasteiger partial charge in [-0.15, -0.1) is 10.2 Å². The Labute approximate surface area is 163 Å². The summed E-state index contributed by atoms with van der Waals surface area (Å²) in [5.74, 6) is -0.0617. The third-order valence-electron chi connectivity index (χ3n) is 5.10. The van der Waals surface area contributed by atoms with E-state index in [-0.39, 0.29) is 18.6 Å². The summed E-state index contributed by atoms with van der Waals surface area (Å²) >= 11 is 0. The lowest BCUT2D eigenvalue weighted by Gasteiger charge is -2.40. The van der Waals surface area contributed by atoms with Crippen molar-refractivity contribution in [3.63, 3.8) is 0 Å². The van der Waals surface area contributed by atoms with Crippen molar-refractivity contribution in [2.75, 3.05) is 26.2 Å². The van der Waals surface area contributed by atoms with E-state index in [0.29, 0.717) is 18.7 Å². The van der Waals surface area contributed by atoms with Gasteiger partial charge < -0.3 is 10.0 Å². The number of benzene rings is 2. The van der Waals surface area contributed by atoms with Gasteiger partial charge in [-0.05, 0) is 23.8 Å². The highest BCUT2D eigenvalue weighted by Crippen LogP contribution is 2.18. The quantitative estimate of drug-likeness (QED) is 0.731. The van der Waals surface area contributed by atoms with Crippen molar-refractivity contribution in [1.29, 1.82) is 0 Å². The van der Waals surface area contributed by atoms with E-state index in [0.717, 1.165) is 18.8 Å². The van der Waals surface area contributed by atoms with E-state index < -0.39 is 0 Å². The van der Waals surface area contributed by atoms with E-state index in [1.807, 2.05) is 36.4 Å². The minimum atomic E-state index is -0.219. The molecular weight excluding hydrogens is 354 g/mol. The smallest absolute Gasteiger partial charge is 0.254 e. The van der Waals surface area contributed by atoms with Gasteiger partial charge in [-0.2, -0.15) is 0 Å². The van der Waals surface area contributed by atoms with Crippen LogP contribution in [0.4, 0.5) is 0 Å². The Balaban J connectivity index is 1.47. The number of aliphatic hydroxyl groups excluding tert-OH is 1. The summed E-state index contributed by atoms with van der Waals surface area (Å²) in [4.78, 5) is 17.2. The number of aliphatic hydroxyl groups is 1. The average Bonchev–Trinajstić information content (AvgIpc) is 3.29. The zero-order chi connectivity index (χ0) is 19.3. The number of aromatic nitrogens is 3. The predicted molar refractivity (Wildman–Crippen MR) is 105 cm³/mol. The first kappa shape index (κ1) is 18.3. The number of piperazine rings is 1. The standard InChI is InChI=1S/C21H23N5O2/c27-14-20-13-24(12-17-5-2-1-3-6-17)9-10-26(20)21(28)18-7-4-8-19(11-18)25-15-22-23-16-25/h1-8,11,15-16,20,27H,9-10,12-14H2/t20-/m1/s1. The molecule has 1 N–H and O–H groups in total. The summed E-state index contributed by atoms with van der Waals surface area (Å²) < 4.78 is 1.76. The van der Waals surface area contributed by atoms with E-state index >= 15 is 0 Å². The van der Waals surface area contributed by atoms with Crippen molar-refractivity contribution >= 4 is 5.91 Å². The molecule has 1 amide bonds. The topological polar surface area (TPSA) is 74.5 Å².